The summed E-state index contributed by atoms with van der Waals surface area (Å²) in [6, 6.07) is 14.5. The van der Waals surface area contributed by atoms with E-state index < -0.39 is 10.8 Å². The number of carbonyl (C=O) groups excluding carboxylic acids is 1. The van der Waals surface area contributed by atoms with Crippen LogP contribution in [0, 0.1) is 17.0 Å². The highest BCUT2D eigenvalue weighted by Gasteiger charge is 2.30. The second-order valence-corrected chi connectivity index (χ2v) is 7.90. The summed E-state index contributed by atoms with van der Waals surface area (Å²) in [6.07, 6.45) is 0. The Morgan fingerprint density at radius 2 is 1.59 bits per heavy atom. The van der Waals surface area contributed by atoms with E-state index in [2.05, 4.69) is 10.2 Å². The molecule has 176 valence electrons. The molecule has 2 heterocycles. The van der Waals surface area contributed by atoms with E-state index in [1.54, 1.807) is 4.90 Å². The number of benzene rings is 2. The Hall–Kier alpha value is -4.21. The van der Waals surface area contributed by atoms with Gasteiger partial charge in [0.25, 0.3) is 11.6 Å². The molecular weight excluding hydrogens is 438 g/mol. The molecule has 1 saturated heterocycles. The van der Waals surface area contributed by atoms with Crippen molar-refractivity contribution in [1.29, 1.82) is 0 Å². The number of carbonyl (C=O) groups is 1. The fraction of sp³-hybridized carbons (Fsp3) is 0.292. The van der Waals surface area contributed by atoms with Crippen molar-refractivity contribution in [3.63, 3.8) is 0 Å². The average Bonchev–Trinajstić information content (AvgIpc) is 2.88. The van der Waals surface area contributed by atoms with Crippen LogP contribution in [0.2, 0.25) is 0 Å². The van der Waals surface area contributed by atoms with Crippen LogP contribution in [0.4, 0.5) is 11.5 Å². The molecule has 2 aromatic carbocycles. The number of rotatable bonds is 6. The van der Waals surface area contributed by atoms with Crippen molar-refractivity contribution in [2.24, 2.45) is 0 Å². The number of anilines is 1. The molecule has 0 atom stereocenters. The smallest absolute Gasteiger partial charge is 0.286 e. The van der Waals surface area contributed by atoms with Crippen molar-refractivity contribution >= 4 is 17.4 Å². The first kappa shape index (κ1) is 23.0. The van der Waals surface area contributed by atoms with Gasteiger partial charge >= 0.3 is 0 Å². The van der Waals surface area contributed by atoms with Gasteiger partial charge in [-0.05, 0) is 19.1 Å². The minimum atomic E-state index is -0.587. The molecule has 1 aromatic heterocycles. The maximum absolute atomic E-state index is 13.1. The Bertz CT molecular complexity index is 1190. The number of nitro benzene ring substituents is 1. The Morgan fingerprint density at radius 1 is 0.941 bits per heavy atom. The third kappa shape index (κ3) is 4.61. The summed E-state index contributed by atoms with van der Waals surface area (Å²) in [5, 5.41) is 20.3. The van der Waals surface area contributed by atoms with Crippen LogP contribution in [0.25, 0.3) is 11.3 Å². The number of nitrogens with zero attached hydrogens (tertiary/aromatic N) is 5. The molecule has 0 spiro atoms. The van der Waals surface area contributed by atoms with Crippen molar-refractivity contribution in [3.8, 4) is 22.8 Å². The monoisotopic (exact) mass is 463 g/mol. The number of ether oxygens (including phenoxy) is 2. The van der Waals surface area contributed by atoms with Gasteiger partial charge in [0.1, 0.15) is 5.56 Å². The Kier molecular flexibility index (Phi) is 6.58. The Morgan fingerprint density at radius 3 is 2.15 bits per heavy atom. The first-order valence-electron chi connectivity index (χ1n) is 10.8. The first-order chi connectivity index (χ1) is 16.4. The van der Waals surface area contributed by atoms with Gasteiger partial charge < -0.3 is 19.3 Å². The van der Waals surface area contributed by atoms with Gasteiger partial charge in [-0.25, -0.2) is 0 Å². The number of hydrogen-bond acceptors (Lipinski definition) is 8. The van der Waals surface area contributed by atoms with E-state index in [1.165, 1.54) is 31.9 Å². The molecular formula is C24H25N5O5. The third-order valence-electron chi connectivity index (χ3n) is 5.82. The normalized spacial score (nSPS) is 13.5. The standard InChI is InChI=1S/C24H25N5O5/c1-16-4-6-17(7-5-16)19-8-9-23(26-25-19)27-10-12-28(13-11-27)24(30)18-14-21(33-2)22(34-3)15-20(18)29(31)32/h4-9,14-15H,10-13H2,1-3H3. The highest BCUT2D eigenvalue weighted by molar-refractivity contribution is 5.99. The summed E-state index contributed by atoms with van der Waals surface area (Å²) in [6.45, 7) is 3.89. The summed E-state index contributed by atoms with van der Waals surface area (Å²) in [5.74, 6) is 0.760. The molecule has 0 radical (unpaired) electrons. The second-order valence-electron chi connectivity index (χ2n) is 7.90. The summed E-state index contributed by atoms with van der Waals surface area (Å²) < 4.78 is 10.4. The van der Waals surface area contributed by atoms with E-state index in [1.807, 2.05) is 48.2 Å². The number of aryl methyl sites for hydroxylation is 1. The first-order valence-corrected chi connectivity index (χ1v) is 10.8. The second kappa shape index (κ2) is 9.74. The number of piperazine rings is 1. The van der Waals surface area contributed by atoms with E-state index in [4.69, 9.17) is 9.47 Å². The highest BCUT2D eigenvalue weighted by Crippen LogP contribution is 2.35. The van der Waals surface area contributed by atoms with Crippen molar-refractivity contribution < 1.29 is 19.2 Å². The molecule has 4 rings (SSSR count). The van der Waals surface area contributed by atoms with Gasteiger partial charge in [0.15, 0.2) is 17.3 Å². The van der Waals surface area contributed by atoms with E-state index in [0.29, 0.717) is 26.2 Å². The molecule has 34 heavy (non-hydrogen) atoms. The molecule has 1 aliphatic rings. The zero-order valence-corrected chi connectivity index (χ0v) is 19.2. The summed E-state index contributed by atoms with van der Waals surface area (Å²) >= 11 is 0. The van der Waals surface area contributed by atoms with Crippen LogP contribution in [-0.2, 0) is 0 Å². The van der Waals surface area contributed by atoms with Crippen molar-refractivity contribution in [3.05, 3.63) is 69.8 Å². The third-order valence-corrected chi connectivity index (χ3v) is 5.82. The van der Waals surface area contributed by atoms with Crippen LogP contribution in [0.5, 0.6) is 11.5 Å². The molecule has 10 nitrogen and oxygen atoms in total. The van der Waals surface area contributed by atoms with E-state index in [0.717, 1.165) is 17.1 Å². The van der Waals surface area contributed by atoms with Crippen molar-refractivity contribution in [2.75, 3.05) is 45.3 Å². The predicted molar refractivity (Wildman–Crippen MR) is 127 cm³/mol. The number of hydrogen-bond donors (Lipinski definition) is 0. The van der Waals surface area contributed by atoms with Gasteiger partial charge in [0.2, 0.25) is 0 Å². The fourth-order valence-electron chi connectivity index (χ4n) is 3.87. The number of aromatic nitrogens is 2. The lowest BCUT2D eigenvalue weighted by Gasteiger charge is -2.35. The summed E-state index contributed by atoms with van der Waals surface area (Å²) in [4.78, 5) is 27.8. The maximum Gasteiger partial charge on any atom is 0.286 e. The summed E-state index contributed by atoms with van der Waals surface area (Å²) in [5.41, 5.74) is 2.62. The van der Waals surface area contributed by atoms with E-state index in [-0.39, 0.29) is 22.7 Å². The number of amides is 1. The van der Waals surface area contributed by atoms with E-state index in [9.17, 15) is 14.9 Å². The predicted octanol–water partition coefficient (Wildman–Crippen LogP) is 3.34. The van der Waals surface area contributed by atoms with Gasteiger partial charge in [-0.2, -0.15) is 0 Å². The van der Waals surface area contributed by atoms with Crippen molar-refractivity contribution in [2.45, 2.75) is 6.92 Å². The quantitative estimate of drug-likeness (QED) is 0.404. The average molecular weight is 463 g/mol. The van der Waals surface area contributed by atoms with Crippen LogP contribution in [0.1, 0.15) is 15.9 Å². The highest BCUT2D eigenvalue weighted by atomic mass is 16.6. The largest absolute Gasteiger partial charge is 0.493 e. The minimum absolute atomic E-state index is 0.0293. The molecule has 0 N–H and O–H groups in total. The zero-order valence-electron chi connectivity index (χ0n) is 19.2. The van der Waals surface area contributed by atoms with Crippen LogP contribution in [0.15, 0.2) is 48.5 Å². The van der Waals surface area contributed by atoms with Gasteiger partial charge in [-0.3, -0.25) is 14.9 Å². The molecule has 0 bridgehead atoms. The van der Waals surface area contributed by atoms with Gasteiger partial charge in [-0.1, -0.05) is 29.8 Å². The molecule has 0 unspecified atom stereocenters. The molecule has 3 aromatic rings. The summed E-state index contributed by atoms with van der Waals surface area (Å²) in [7, 11) is 2.81. The minimum Gasteiger partial charge on any atom is -0.493 e. The Balaban J connectivity index is 1.46. The van der Waals surface area contributed by atoms with Gasteiger partial charge in [0.05, 0.1) is 30.9 Å². The number of nitro groups is 1. The van der Waals surface area contributed by atoms with Crippen LogP contribution in [0.3, 0.4) is 0 Å². The maximum atomic E-state index is 13.1. The van der Waals surface area contributed by atoms with Crippen molar-refractivity contribution in [1.82, 2.24) is 15.1 Å². The van der Waals surface area contributed by atoms with Gasteiger partial charge in [0, 0.05) is 37.8 Å². The van der Waals surface area contributed by atoms with Crippen LogP contribution in [-0.4, -0.2) is 66.3 Å². The molecule has 0 saturated carbocycles. The van der Waals surface area contributed by atoms with E-state index >= 15 is 0 Å². The van der Waals surface area contributed by atoms with Crippen LogP contribution < -0.4 is 14.4 Å². The lowest BCUT2D eigenvalue weighted by atomic mass is 10.1. The molecule has 1 amide bonds. The molecule has 0 aliphatic carbocycles. The lowest BCUT2D eigenvalue weighted by molar-refractivity contribution is -0.385. The topological polar surface area (TPSA) is 111 Å². The lowest BCUT2D eigenvalue weighted by Crippen LogP contribution is -2.49. The van der Waals surface area contributed by atoms with Gasteiger partial charge in [-0.15, -0.1) is 10.2 Å². The number of methoxy groups -OCH3 is 2. The fourth-order valence-corrected chi connectivity index (χ4v) is 3.87. The molecule has 10 heteroatoms. The zero-order chi connectivity index (χ0) is 24.2. The van der Waals surface area contributed by atoms with Crippen LogP contribution >= 0.6 is 0 Å². The Labute approximate surface area is 196 Å². The molecule has 1 fully saturated rings. The SMILES string of the molecule is COc1cc(C(=O)N2CCN(c3ccc(-c4ccc(C)cc4)nn3)CC2)c([N+](=O)[O-])cc1OC. The molecule has 1 aliphatic heterocycles.